The number of benzene rings is 2. The van der Waals surface area contributed by atoms with E-state index in [1.165, 1.54) is 6.07 Å². The minimum atomic E-state index is -4.00. The summed E-state index contributed by atoms with van der Waals surface area (Å²) in [5, 5.41) is 2.67. The lowest BCUT2D eigenvalue weighted by Gasteiger charge is -2.19. The zero-order chi connectivity index (χ0) is 18.6. The smallest absolute Gasteiger partial charge is 0.255 e. The lowest BCUT2D eigenvalue weighted by Crippen LogP contribution is -2.31. The fourth-order valence-corrected chi connectivity index (χ4v) is 4.23. The summed E-state index contributed by atoms with van der Waals surface area (Å²) < 4.78 is 41.0. The van der Waals surface area contributed by atoms with Crippen molar-refractivity contribution in [3.05, 3.63) is 58.3 Å². The first-order chi connectivity index (χ1) is 11.8. The second-order valence-corrected chi connectivity index (χ2v) is 7.93. The molecule has 2 aromatic carbocycles. The normalized spacial score (nSPS) is 11.6. The molecule has 8 heteroatoms. The molecule has 0 aliphatic rings. The molecule has 0 aliphatic carbocycles. The average Bonchev–Trinajstić information content (AvgIpc) is 2.58. The van der Waals surface area contributed by atoms with E-state index in [1.54, 1.807) is 38.1 Å². The third kappa shape index (κ3) is 4.26. The summed E-state index contributed by atoms with van der Waals surface area (Å²) in [7, 11) is -4.00. The average molecular weight is 429 g/mol. The van der Waals surface area contributed by atoms with E-state index in [9.17, 15) is 17.6 Å². The minimum Gasteiger partial charge on any atom is -0.321 e. The van der Waals surface area contributed by atoms with Gasteiger partial charge in [0, 0.05) is 23.1 Å². The predicted molar refractivity (Wildman–Crippen MR) is 98.6 cm³/mol. The van der Waals surface area contributed by atoms with Gasteiger partial charge in [-0.3, -0.25) is 4.79 Å². The van der Waals surface area contributed by atoms with Crippen LogP contribution in [0.3, 0.4) is 0 Å². The molecule has 25 heavy (non-hydrogen) atoms. The fraction of sp³-hybridized carbons (Fsp3) is 0.235. The number of amides is 1. The number of halogens is 2. The zero-order valence-corrected chi connectivity index (χ0v) is 16.2. The van der Waals surface area contributed by atoms with Gasteiger partial charge in [0.2, 0.25) is 10.0 Å². The van der Waals surface area contributed by atoms with Crippen molar-refractivity contribution in [1.82, 2.24) is 4.31 Å². The molecule has 0 saturated heterocycles. The van der Waals surface area contributed by atoms with Crippen molar-refractivity contribution in [2.75, 3.05) is 18.4 Å². The second kappa shape index (κ2) is 8.07. The standard InChI is InChI=1S/C17H18BrFN2O3S/c1-3-21(4-2)25(23,24)16-11-12(9-10-14(16)19)17(22)20-15-8-6-5-7-13(15)18/h5-11H,3-4H2,1-2H3,(H,20,22). The quantitative estimate of drug-likeness (QED) is 0.758. The fourth-order valence-electron chi connectivity index (χ4n) is 2.30. The number of hydrogen-bond donors (Lipinski definition) is 1. The van der Waals surface area contributed by atoms with Gasteiger partial charge in [0.15, 0.2) is 0 Å². The summed E-state index contributed by atoms with van der Waals surface area (Å²) in [6.45, 7) is 3.77. The van der Waals surface area contributed by atoms with Crippen LogP contribution in [-0.4, -0.2) is 31.7 Å². The lowest BCUT2D eigenvalue weighted by atomic mass is 10.2. The number of anilines is 1. The van der Waals surface area contributed by atoms with Crippen LogP contribution in [0.1, 0.15) is 24.2 Å². The Kier molecular flexibility index (Phi) is 6.31. The molecule has 1 amide bonds. The molecule has 2 rings (SSSR count). The van der Waals surface area contributed by atoms with Crippen molar-refractivity contribution in [2.24, 2.45) is 0 Å². The predicted octanol–water partition coefficient (Wildman–Crippen LogP) is 3.87. The first-order valence-corrected chi connectivity index (χ1v) is 9.90. The van der Waals surface area contributed by atoms with Gasteiger partial charge >= 0.3 is 0 Å². The van der Waals surface area contributed by atoms with Crippen LogP contribution in [0.25, 0.3) is 0 Å². The summed E-state index contributed by atoms with van der Waals surface area (Å²) in [5.74, 6) is -1.41. The van der Waals surface area contributed by atoms with Crippen LogP contribution in [0.5, 0.6) is 0 Å². The molecule has 2 aromatic rings. The van der Waals surface area contributed by atoms with E-state index in [1.807, 2.05) is 0 Å². The van der Waals surface area contributed by atoms with Crippen molar-refractivity contribution < 1.29 is 17.6 Å². The molecule has 134 valence electrons. The molecule has 1 N–H and O–H groups in total. The Balaban J connectivity index is 2.39. The molecule has 0 radical (unpaired) electrons. The largest absolute Gasteiger partial charge is 0.321 e. The molecule has 0 aliphatic heterocycles. The van der Waals surface area contributed by atoms with Gasteiger partial charge in [-0.25, -0.2) is 12.8 Å². The maximum atomic E-state index is 14.1. The van der Waals surface area contributed by atoms with Crippen molar-refractivity contribution >= 4 is 37.5 Å². The Labute approximate surface area is 155 Å². The highest BCUT2D eigenvalue weighted by Crippen LogP contribution is 2.24. The van der Waals surface area contributed by atoms with Gasteiger partial charge in [-0.15, -0.1) is 0 Å². The number of para-hydroxylation sites is 1. The summed E-state index contributed by atoms with van der Waals surface area (Å²) >= 11 is 3.32. The van der Waals surface area contributed by atoms with E-state index in [0.717, 1.165) is 16.4 Å². The molecule has 0 heterocycles. The molecule has 0 atom stereocenters. The zero-order valence-electron chi connectivity index (χ0n) is 13.8. The number of carbonyl (C=O) groups is 1. The number of nitrogens with zero attached hydrogens (tertiary/aromatic N) is 1. The highest BCUT2D eigenvalue weighted by Gasteiger charge is 2.26. The minimum absolute atomic E-state index is 0.0582. The highest BCUT2D eigenvalue weighted by molar-refractivity contribution is 9.10. The molecule has 0 spiro atoms. The van der Waals surface area contributed by atoms with E-state index in [4.69, 9.17) is 0 Å². The summed E-state index contributed by atoms with van der Waals surface area (Å²) in [5.41, 5.74) is 0.591. The molecule has 0 unspecified atom stereocenters. The maximum Gasteiger partial charge on any atom is 0.255 e. The van der Waals surface area contributed by atoms with Crippen molar-refractivity contribution in [1.29, 1.82) is 0 Å². The van der Waals surface area contributed by atoms with Gasteiger partial charge in [0.25, 0.3) is 5.91 Å². The Morgan fingerprint density at radius 3 is 2.40 bits per heavy atom. The Morgan fingerprint density at radius 2 is 1.80 bits per heavy atom. The number of nitrogens with one attached hydrogen (secondary N) is 1. The van der Waals surface area contributed by atoms with Gasteiger partial charge in [-0.2, -0.15) is 4.31 Å². The molecular formula is C17H18BrFN2O3S. The molecule has 0 saturated carbocycles. The van der Waals surface area contributed by atoms with E-state index < -0.39 is 26.6 Å². The molecule has 5 nitrogen and oxygen atoms in total. The maximum absolute atomic E-state index is 14.1. The van der Waals surface area contributed by atoms with Crippen molar-refractivity contribution in [2.45, 2.75) is 18.7 Å². The first-order valence-electron chi connectivity index (χ1n) is 7.66. The Bertz CT molecular complexity index is 883. The lowest BCUT2D eigenvalue weighted by molar-refractivity contribution is 0.102. The topological polar surface area (TPSA) is 66.5 Å². The van der Waals surface area contributed by atoms with Gasteiger partial charge in [0.05, 0.1) is 5.69 Å². The van der Waals surface area contributed by atoms with Crippen LogP contribution in [0.4, 0.5) is 10.1 Å². The number of hydrogen-bond acceptors (Lipinski definition) is 3. The van der Waals surface area contributed by atoms with E-state index in [2.05, 4.69) is 21.2 Å². The molecule has 0 aromatic heterocycles. The third-order valence-corrected chi connectivity index (χ3v) is 6.40. The van der Waals surface area contributed by atoms with Gasteiger partial charge < -0.3 is 5.32 Å². The van der Waals surface area contributed by atoms with E-state index in [0.29, 0.717) is 10.2 Å². The molecular weight excluding hydrogens is 411 g/mol. The number of sulfonamides is 1. The van der Waals surface area contributed by atoms with E-state index >= 15 is 0 Å². The van der Waals surface area contributed by atoms with E-state index in [-0.39, 0.29) is 18.7 Å². The van der Waals surface area contributed by atoms with Crippen molar-refractivity contribution in [3.8, 4) is 0 Å². The number of rotatable bonds is 6. The van der Waals surface area contributed by atoms with Gasteiger partial charge in [-0.1, -0.05) is 26.0 Å². The summed E-state index contributed by atoms with van der Waals surface area (Å²) in [6, 6.07) is 10.3. The third-order valence-electron chi connectivity index (χ3n) is 3.64. The van der Waals surface area contributed by atoms with Crippen LogP contribution < -0.4 is 5.32 Å². The highest BCUT2D eigenvalue weighted by atomic mass is 79.9. The first kappa shape index (κ1) is 19.6. The number of carbonyl (C=O) groups excluding carboxylic acids is 1. The van der Waals surface area contributed by atoms with Crippen LogP contribution in [0, 0.1) is 5.82 Å². The monoisotopic (exact) mass is 428 g/mol. The van der Waals surface area contributed by atoms with Crippen LogP contribution >= 0.6 is 15.9 Å². The summed E-state index contributed by atoms with van der Waals surface area (Å²) in [6.07, 6.45) is 0. The van der Waals surface area contributed by atoms with Crippen LogP contribution in [0.15, 0.2) is 51.8 Å². The molecule has 0 bridgehead atoms. The van der Waals surface area contributed by atoms with Crippen LogP contribution in [-0.2, 0) is 10.0 Å². The van der Waals surface area contributed by atoms with Crippen molar-refractivity contribution in [3.63, 3.8) is 0 Å². The van der Waals surface area contributed by atoms with Gasteiger partial charge in [-0.05, 0) is 46.3 Å². The SMILES string of the molecule is CCN(CC)S(=O)(=O)c1cc(C(=O)Nc2ccccc2Br)ccc1F. The Morgan fingerprint density at radius 1 is 1.16 bits per heavy atom. The molecule has 0 fully saturated rings. The second-order valence-electron chi connectivity index (χ2n) is 5.17. The van der Waals surface area contributed by atoms with Gasteiger partial charge in [0.1, 0.15) is 10.7 Å². The van der Waals surface area contributed by atoms with Crippen LogP contribution in [0.2, 0.25) is 0 Å². The summed E-state index contributed by atoms with van der Waals surface area (Å²) in [4.78, 5) is 11.9. The Hall–Kier alpha value is -1.77.